The smallest absolute Gasteiger partial charge is 0.0679 e. The first kappa shape index (κ1) is 12.3. The Morgan fingerprint density at radius 3 is 2.50 bits per heavy atom. The van der Waals surface area contributed by atoms with Crippen LogP contribution in [0.25, 0.3) is 0 Å². The summed E-state index contributed by atoms with van der Waals surface area (Å²) in [6, 6.07) is 0. The Morgan fingerprint density at radius 2 is 2.06 bits per heavy atom. The lowest BCUT2D eigenvalue weighted by Gasteiger charge is -2.36. The molecule has 0 aromatic rings. The van der Waals surface area contributed by atoms with Gasteiger partial charge in [-0.1, -0.05) is 6.92 Å². The Morgan fingerprint density at radius 1 is 1.31 bits per heavy atom. The Hall–Kier alpha value is -0.120. The van der Waals surface area contributed by atoms with E-state index in [-0.39, 0.29) is 12.1 Å². The van der Waals surface area contributed by atoms with Gasteiger partial charge in [0.25, 0.3) is 0 Å². The molecule has 0 aliphatic heterocycles. The van der Waals surface area contributed by atoms with Crippen LogP contribution in [0.5, 0.6) is 0 Å². The van der Waals surface area contributed by atoms with E-state index in [4.69, 9.17) is 4.74 Å². The predicted octanol–water partition coefficient (Wildman–Crippen LogP) is 1.70. The summed E-state index contributed by atoms with van der Waals surface area (Å²) in [5.41, 5.74) is -0.147. The van der Waals surface area contributed by atoms with Gasteiger partial charge in [0.15, 0.2) is 0 Å². The largest absolute Gasteiger partial charge is 0.394 e. The molecule has 0 heterocycles. The average Bonchev–Trinajstić information content (AvgIpc) is 3.05. The number of hydrogen-bond donors (Lipinski definition) is 2. The third kappa shape index (κ3) is 2.76. The molecule has 2 N–H and O–H groups in total. The van der Waals surface area contributed by atoms with Crippen molar-refractivity contribution in [1.29, 1.82) is 0 Å². The molecule has 2 saturated carbocycles. The van der Waals surface area contributed by atoms with E-state index in [9.17, 15) is 5.11 Å². The van der Waals surface area contributed by atoms with E-state index in [0.29, 0.717) is 18.6 Å². The SMILES string of the molecule is CCCNC(CO)(COC1CCC1)C1CC1. The molecule has 2 fully saturated rings. The Balaban J connectivity index is 1.83. The number of ether oxygens (including phenoxy) is 1. The number of aliphatic hydroxyl groups is 1. The van der Waals surface area contributed by atoms with Gasteiger partial charge in [-0.3, -0.25) is 0 Å². The zero-order valence-corrected chi connectivity index (χ0v) is 10.4. The topological polar surface area (TPSA) is 41.5 Å². The fourth-order valence-electron chi connectivity index (χ4n) is 2.36. The fraction of sp³-hybridized carbons (Fsp3) is 1.00. The van der Waals surface area contributed by atoms with Crippen molar-refractivity contribution in [1.82, 2.24) is 5.32 Å². The zero-order chi connectivity index (χ0) is 11.4. The highest BCUT2D eigenvalue weighted by atomic mass is 16.5. The van der Waals surface area contributed by atoms with Crippen LogP contribution in [0.1, 0.15) is 45.4 Å². The van der Waals surface area contributed by atoms with Gasteiger partial charge in [-0.25, -0.2) is 0 Å². The Kier molecular flexibility index (Phi) is 4.22. The van der Waals surface area contributed by atoms with Crippen molar-refractivity contribution in [2.75, 3.05) is 19.8 Å². The zero-order valence-electron chi connectivity index (χ0n) is 10.4. The standard InChI is InChI=1S/C13H25NO2/c1-2-8-14-13(9-15,11-6-7-11)10-16-12-4-3-5-12/h11-12,14-15H,2-10H2,1H3. The minimum atomic E-state index is -0.147. The fourth-order valence-corrected chi connectivity index (χ4v) is 2.36. The van der Waals surface area contributed by atoms with Crippen molar-refractivity contribution >= 4 is 0 Å². The molecule has 2 rings (SSSR count). The van der Waals surface area contributed by atoms with Gasteiger partial charge in [-0.15, -0.1) is 0 Å². The van der Waals surface area contributed by atoms with Gasteiger partial charge in [0, 0.05) is 0 Å². The van der Waals surface area contributed by atoms with Crippen LogP contribution in [0, 0.1) is 5.92 Å². The Bertz CT molecular complexity index is 214. The highest BCUT2D eigenvalue weighted by Crippen LogP contribution is 2.40. The van der Waals surface area contributed by atoms with Crippen LogP contribution < -0.4 is 5.32 Å². The summed E-state index contributed by atoms with van der Waals surface area (Å²) >= 11 is 0. The summed E-state index contributed by atoms with van der Waals surface area (Å²) in [6.07, 6.45) is 7.78. The molecular formula is C13H25NO2. The summed E-state index contributed by atoms with van der Waals surface area (Å²) in [5.74, 6) is 0.629. The molecule has 1 atom stereocenters. The first-order valence-corrected chi connectivity index (χ1v) is 6.78. The molecule has 0 aromatic carbocycles. The third-order valence-corrected chi connectivity index (χ3v) is 4.00. The second-order valence-corrected chi connectivity index (χ2v) is 5.38. The van der Waals surface area contributed by atoms with Crippen LogP contribution in [-0.2, 0) is 4.74 Å². The van der Waals surface area contributed by atoms with Crippen molar-refractivity contribution in [3.8, 4) is 0 Å². The molecule has 0 amide bonds. The molecule has 3 nitrogen and oxygen atoms in total. The van der Waals surface area contributed by atoms with Gasteiger partial charge in [-0.05, 0) is 51.0 Å². The van der Waals surface area contributed by atoms with Crippen LogP contribution in [0.2, 0.25) is 0 Å². The molecule has 0 bridgehead atoms. The maximum absolute atomic E-state index is 9.67. The van der Waals surface area contributed by atoms with Crippen LogP contribution in [0.3, 0.4) is 0 Å². The van der Waals surface area contributed by atoms with E-state index in [2.05, 4.69) is 12.2 Å². The summed E-state index contributed by atoms with van der Waals surface area (Å²) in [7, 11) is 0. The highest BCUT2D eigenvalue weighted by molar-refractivity contribution is 5.01. The molecule has 0 spiro atoms. The van der Waals surface area contributed by atoms with Crippen molar-refractivity contribution in [2.24, 2.45) is 5.92 Å². The lowest BCUT2D eigenvalue weighted by Crippen LogP contribution is -2.55. The minimum Gasteiger partial charge on any atom is -0.394 e. The van der Waals surface area contributed by atoms with E-state index in [1.807, 2.05) is 0 Å². The van der Waals surface area contributed by atoms with Crippen molar-refractivity contribution in [2.45, 2.75) is 57.1 Å². The van der Waals surface area contributed by atoms with Crippen molar-refractivity contribution in [3.63, 3.8) is 0 Å². The molecule has 0 aromatic heterocycles. The minimum absolute atomic E-state index is 0.147. The van der Waals surface area contributed by atoms with Crippen LogP contribution >= 0.6 is 0 Å². The maximum Gasteiger partial charge on any atom is 0.0679 e. The van der Waals surface area contributed by atoms with Crippen molar-refractivity contribution < 1.29 is 9.84 Å². The van der Waals surface area contributed by atoms with Crippen LogP contribution in [0.15, 0.2) is 0 Å². The van der Waals surface area contributed by atoms with Gasteiger partial charge in [0.05, 0.1) is 24.9 Å². The highest BCUT2D eigenvalue weighted by Gasteiger charge is 2.45. The molecule has 3 heteroatoms. The molecule has 0 radical (unpaired) electrons. The lowest BCUT2D eigenvalue weighted by molar-refractivity contribution is -0.0484. The summed E-state index contributed by atoms with van der Waals surface area (Å²) < 4.78 is 5.91. The predicted molar refractivity (Wildman–Crippen MR) is 64.4 cm³/mol. The molecule has 16 heavy (non-hydrogen) atoms. The van der Waals surface area contributed by atoms with E-state index < -0.39 is 0 Å². The number of aliphatic hydroxyl groups excluding tert-OH is 1. The third-order valence-electron chi connectivity index (χ3n) is 4.00. The van der Waals surface area contributed by atoms with Gasteiger partial charge in [0.2, 0.25) is 0 Å². The number of rotatable bonds is 8. The second-order valence-electron chi connectivity index (χ2n) is 5.38. The van der Waals surface area contributed by atoms with Gasteiger partial charge in [0.1, 0.15) is 0 Å². The molecular weight excluding hydrogens is 202 g/mol. The molecule has 2 aliphatic rings. The van der Waals surface area contributed by atoms with Gasteiger partial charge < -0.3 is 15.2 Å². The van der Waals surface area contributed by atoms with Crippen molar-refractivity contribution in [3.05, 3.63) is 0 Å². The first-order valence-electron chi connectivity index (χ1n) is 6.78. The van der Waals surface area contributed by atoms with Crippen LogP contribution in [0.4, 0.5) is 0 Å². The maximum atomic E-state index is 9.67. The number of nitrogens with one attached hydrogen (secondary N) is 1. The number of hydrogen-bond acceptors (Lipinski definition) is 3. The monoisotopic (exact) mass is 227 g/mol. The van der Waals surface area contributed by atoms with E-state index in [0.717, 1.165) is 13.0 Å². The lowest BCUT2D eigenvalue weighted by atomic mass is 9.93. The van der Waals surface area contributed by atoms with E-state index in [1.165, 1.54) is 32.1 Å². The molecule has 1 unspecified atom stereocenters. The van der Waals surface area contributed by atoms with Crippen LogP contribution in [-0.4, -0.2) is 36.5 Å². The first-order chi connectivity index (χ1) is 7.80. The summed E-state index contributed by atoms with van der Waals surface area (Å²) in [4.78, 5) is 0. The second kappa shape index (κ2) is 5.48. The van der Waals surface area contributed by atoms with Gasteiger partial charge in [-0.2, -0.15) is 0 Å². The summed E-state index contributed by atoms with van der Waals surface area (Å²) in [6.45, 7) is 4.04. The quantitative estimate of drug-likeness (QED) is 0.663. The summed E-state index contributed by atoms with van der Waals surface area (Å²) in [5, 5.41) is 13.2. The average molecular weight is 227 g/mol. The van der Waals surface area contributed by atoms with E-state index in [1.54, 1.807) is 0 Å². The Labute approximate surface area is 98.6 Å². The molecule has 2 aliphatic carbocycles. The van der Waals surface area contributed by atoms with Gasteiger partial charge >= 0.3 is 0 Å². The molecule has 94 valence electrons. The molecule has 0 saturated heterocycles. The van der Waals surface area contributed by atoms with E-state index >= 15 is 0 Å². The normalized spacial score (nSPS) is 25.1.